The molecule has 0 unspecified atom stereocenters. The monoisotopic (exact) mass is 243 g/mol. The van der Waals surface area contributed by atoms with E-state index in [0.717, 1.165) is 0 Å². The summed E-state index contributed by atoms with van der Waals surface area (Å²) in [7, 11) is 0. The van der Waals surface area contributed by atoms with Crippen molar-refractivity contribution < 1.29 is 45.8 Å². The molecule has 0 bridgehead atoms. The third kappa shape index (κ3) is 450. The molecule has 0 fully saturated rings. The predicted octanol–water partition coefficient (Wildman–Crippen LogP) is -1.26. The van der Waals surface area contributed by atoms with Gasteiger partial charge in [-0.2, -0.15) is 6.92 Å². The summed E-state index contributed by atoms with van der Waals surface area (Å²) >= 11 is 0. The van der Waals surface area contributed by atoms with Crippen molar-refractivity contribution in [2.75, 3.05) is 0 Å². The van der Waals surface area contributed by atoms with Gasteiger partial charge < -0.3 is 28.8 Å². The van der Waals surface area contributed by atoms with Gasteiger partial charge in [-0.15, -0.1) is 0 Å². The van der Waals surface area contributed by atoms with Crippen LogP contribution in [0.1, 0.15) is 6.92 Å². The SMILES string of the molecule is C[C-]=O.[CH-]=O.[CH-]=O.[CH-]=O.[CH-]=O.[CH-]=O.[Mn]. The number of rotatable bonds is 0. The van der Waals surface area contributed by atoms with E-state index in [1.807, 2.05) is 0 Å². The first kappa shape index (κ1) is 54.4. The van der Waals surface area contributed by atoms with Gasteiger partial charge in [-0.3, -0.25) is 40.2 Å². The number of hydrogen-bond acceptors (Lipinski definition) is 6. The fraction of sp³-hybridized carbons (Fsp3) is 0.143. The first-order chi connectivity index (χ1) is 6.41. The largest absolute Gasteiger partial charge is 0.545 e. The maximum absolute atomic E-state index is 8.68. The molecule has 0 aromatic heterocycles. The van der Waals surface area contributed by atoms with Gasteiger partial charge in [-0.1, -0.05) is 0 Å². The standard InChI is InChI=1S/C2H3O.5CHO.Mn/c1-2-3;5*1-2;/h1H3;5*1H;/q6*-1;. The Labute approximate surface area is 93.5 Å². The molecule has 0 atom stereocenters. The minimum absolute atomic E-state index is 0. The van der Waals surface area contributed by atoms with Crippen molar-refractivity contribution in [1.82, 2.24) is 0 Å². The molecule has 0 aromatic rings. The summed E-state index contributed by atoms with van der Waals surface area (Å²) in [4.78, 5) is 47.4. The summed E-state index contributed by atoms with van der Waals surface area (Å²) < 4.78 is 0. The second-order valence-corrected chi connectivity index (χ2v) is 0.204. The van der Waals surface area contributed by atoms with Crippen LogP contribution in [0.3, 0.4) is 0 Å². The van der Waals surface area contributed by atoms with E-state index in [-0.39, 0.29) is 17.1 Å². The molecule has 0 aliphatic carbocycles. The van der Waals surface area contributed by atoms with E-state index in [1.165, 1.54) is 13.2 Å². The van der Waals surface area contributed by atoms with Crippen LogP contribution in [0, 0.1) is 0 Å². The zero-order valence-electron chi connectivity index (χ0n) is 7.21. The molecule has 7 heteroatoms. The molecule has 14 heavy (non-hydrogen) atoms. The first-order valence-corrected chi connectivity index (χ1v) is 1.88. The maximum Gasteiger partial charge on any atom is 0 e. The zero-order valence-corrected chi connectivity index (χ0v) is 8.39. The molecule has 0 saturated carbocycles. The molecule has 0 rings (SSSR count). The van der Waals surface area contributed by atoms with Crippen molar-refractivity contribution in [3.63, 3.8) is 0 Å². The molecule has 0 N–H and O–H groups in total. The van der Waals surface area contributed by atoms with Gasteiger partial charge in [0.15, 0.2) is 0 Å². The third-order valence-electron chi connectivity index (χ3n) is 0. The molecule has 0 heterocycles. The summed E-state index contributed by atoms with van der Waals surface area (Å²) in [5.41, 5.74) is 0. The normalized spacial score (nSPS) is 2.36. The molecule has 0 aromatic carbocycles. The van der Waals surface area contributed by atoms with E-state index in [9.17, 15) is 0 Å². The quantitative estimate of drug-likeness (QED) is 0.299. The molecular weight excluding hydrogens is 235 g/mol. The Morgan fingerprint density at radius 1 is 0.643 bits per heavy atom. The Balaban J connectivity index is -0.00000000838. The molecular formula is C7H8MnO6-6. The summed E-state index contributed by atoms with van der Waals surface area (Å²) in [5.74, 6) is 0. The summed E-state index contributed by atoms with van der Waals surface area (Å²) in [6, 6.07) is 0. The van der Waals surface area contributed by atoms with Crippen LogP contribution in [0.4, 0.5) is 0 Å². The van der Waals surface area contributed by atoms with Crippen LogP contribution in [-0.2, 0) is 45.8 Å². The van der Waals surface area contributed by atoms with Crippen LogP contribution in [0.25, 0.3) is 0 Å². The predicted molar refractivity (Wildman–Crippen MR) is 45.1 cm³/mol. The van der Waals surface area contributed by atoms with E-state index in [1.54, 1.807) is 0 Å². The molecule has 0 spiro atoms. The van der Waals surface area contributed by atoms with Crippen LogP contribution in [0.5, 0.6) is 0 Å². The molecule has 85 valence electrons. The minimum atomic E-state index is 0. The molecule has 0 amide bonds. The van der Waals surface area contributed by atoms with E-state index in [2.05, 4.69) is 33.9 Å². The number of carbonyl (C=O) groups excluding carboxylic acids is 6. The van der Waals surface area contributed by atoms with Crippen LogP contribution < -0.4 is 0 Å². The van der Waals surface area contributed by atoms with Gasteiger partial charge in [0.25, 0.3) is 0 Å². The van der Waals surface area contributed by atoms with Gasteiger partial charge in [-0.05, 0) is 0 Å². The molecule has 0 aliphatic heterocycles. The van der Waals surface area contributed by atoms with Crippen molar-refractivity contribution in [2.45, 2.75) is 6.92 Å². The third-order valence-corrected chi connectivity index (χ3v) is 0. The van der Waals surface area contributed by atoms with Gasteiger partial charge in [0.05, 0.1) is 0 Å². The molecule has 0 saturated heterocycles. The molecule has 1 radical (unpaired) electrons. The van der Waals surface area contributed by atoms with E-state index < -0.39 is 0 Å². The summed E-state index contributed by atoms with van der Waals surface area (Å²) in [5, 5.41) is 0. The Morgan fingerprint density at radius 2 is 0.643 bits per heavy atom. The van der Waals surface area contributed by atoms with Crippen molar-refractivity contribution in [3.05, 3.63) is 0 Å². The fourth-order valence-electron chi connectivity index (χ4n) is 0. The van der Waals surface area contributed by atoms with Crippen LogP contribution >= 0.6 is 0 Å². The van der Waals surface area contributed by atoms with Crippen molar-refractivity contribution in [1.29, 1.82) is 0 Å². The average Bonchev–Trinajstić information content (AvgIpc) is 2.32. The molecule has 0 aliphatic rings. The van der Waals surface area contributed by atoms with Gasteiger partial charge in [0.1, 0.15) is 0 Å². The van der Waals surface area contributed by atoms with E-state index in [4.69, 9.17) is 28.8 Å². The Morgan fingerprint density at radius 3 is 0.643 bits per heavy atom. The first-order valence-electron chi connectivity index (χ1n) is 1.88. The average molecular weight is 243 g/mol. The Bertz CT molecular complexity index is 52.5. The second-order valence-electron chi connectivity index (χ2n) is 0.204. The zero-order chi connectivity index (χ0) is 12.7. The fourth-order valence-corrected chi connectivity index (χ4v) is 0. The summed E-state index contributed by atoms with van der Waals surface area (Å²) in [6.07, 6.45) is 1.50. The van der Waals surface area contributed by atoms with E-state index in [0.29, 0.717) is 0 Å². The van der Waals surface area contributed by atoms with Gasteiger partial charge in [0, 0.05) is 17.1 Å². The van der Waals surface area contributed by atoms with Crippen molar-refractivity contribution >= 4 is 40.2 Å². The minimum Gasteiger partial charge on any atom is -0.545 e. The van der Waals surface area contributed by atoms with Crippen molar-refractivity contribution in [2.24, 2.45) is 0 Å². The van der Waals surface area contributed by atoms with Crippen LogP contribution in [-0.4, -0.2) is 40.2 Å². The molecule has 6 nitrogen and oxygen atoms in total. The Hall–Kier alpha value is -1.46. The second kappa shape index (κ2) is 6040. The Kier molecular flexibility index (Phi) is 23500. The smallest absolute Gasteiger partial charge is 0 e. The van der Waals surface area contributed by atoms with Crippen LogP contribution in [0.2, 0.25) is 0 Å². The van der Waals surface area contributed by atoms with Gasteiger partial charge in [0.2, 0.25) is 0 Å². The maximum atomic E-state index is 8.68. The van der Waals surface area contributed by atoms with Gasteiger partial charge in [-0.25, -0.2) is 0 Å². The van der Waals surface area contributed by atoms with Crippen LogP contribution in [0.15, 0.2) is 0 Å². The van der Waals surface area contributed by atoms with E-state index >= 15 is 0 Å². The van der Waals surface area contributed by atoms with Gasteiger partial charge >= 0.3 is 0 Å². The number of hydrogen-bond donors (Lipinski definition) is 0. The van der Waals surface area contributed by atoms with Crippen molar-refractivity contribution in [3.8, 4) is 0 Å². The summed E-state index contributed by atoms with van der Waals surface area (Å²) in [6.45, 7) is 17.6. The topological polar surface area (TPSA) is 102 Å².